The molecule has 0 amide bonds. The molecule has 0 bridgehead atoms. The Kier molecular flexibility index (Phi) is 7.45. The van der Waals surface area contributed by atoms with Crippen molar-refractivity contribution in [1.29, 1.82) is 0 Å². The van der Waals surface area contributed by atoms with Crippen LogP contribution in [0.2, 0.25) is 0 Å². The number of hydrogen-bond acceptors (Lipinski definition) is 3. The average Bonchev–Trinajstić information content (AvgIpc) is 3.22. The van der Waals surface area contributed by atoms with E-state index in [1.807, 2.05) is 11.8 Å². The molecule has 246 valence electrons. The Balaban J connectivity index is 1.22. The van der Waals surface area contributed by atoms with Gasteiger partial charge in [0.1, 0.15) is 11.5 Å². The molecule has 0 saturated carbocycles. The Morgan fingerprint density at radius 3 is 1.46 bits per heavy atom. The van der Waals surface area contributed by atoms with E-state index >= 15 is 0 Å². The van der Waals surface area contributed by atoms with Gasteiger partial charge >= 0.3 is 0 Å². The van der Waals surface area contributed by atoms with E-state index in [0.717, 1.165) is 28.6 Å². The number of anilines is 3. The van der Waals surface area contributed by atoms with Gasteiger partial charge in [-0.1, -0.05) is 151 Å². The maximum absolute atomic E-state index is 6.63. The zero-order valence-corrected chi connectivity index (χ0v) is 30.1. The molecule has 10 rings (SSSR count). The van der Waals surface area contributed by atoms with Crippen molar-refractivity contribution >= 4 is 57.6 Å². The largest absolute Gasteiger partial charge is 0.458 e. The smallest absolute Gasteiger partial charge is 0.190 e. The van der Waals surface area contributed by atoms with Crippen molar-refractivity contribution in [3.05, 3.63) is 200 Å². The lowest BCUT2D eigenvalue weighted by molar-refractivity contribution is 0.487. The Labute approximate surface area is 309 Å². The van der Waals surface area contributed by atoms with Crippen LogP contribution in [-0.4, -0.2) is 8.07 Å². The standard InChI is InChI=1S/C48H33NOSSi/c1-4-16-34(17-5-1)36-30-37(35-18-6-2-7-19-35)32-40(31-36)49(38-20-8-3-9-21-38)39-28-29-48-44(33-39)51-43-24-12-15-27-47(43)52(48)45-25-13-10-22-41(45)50-42-23-11-14-26-46(42)52/h1-33H. The zero-order chi connectivity index (χ0) is 34.5. The van der Waals surface area contributed by atoms with E-state index in [4.69, 9.17) is 4.74 Å². The van der Waals surface area contributed by atoms with E-state index in [2.05, 4.69) is 205 Å². The fraction of sp³-hybridized carbons (Fsp3) is 0. The van der Waals surface area contributed by atoms with Gasteiger partial charge in [0.05, 0.1) is 0 Å². The SMILES string of the molecule is c1ccc(-c2cc(-c3ccccc3)cc(N(c3ccccc3)c3ccc4c(c3)Sc3ccccc3[Si]43c4ccccc4Oc4ccccc43)c2)cc1. The number of para-hydroxylation sites is 3. The topological polar surface area (TPSA) is 12.5 Å². The van der Waals surface area contributed by atoms with Crippen LogP contribution in [0.5, 0.6) is 11.5 Å². The number of hydrogen-bond donors (Lipinski definition) is 0. The summed E-state index contributed by atoms with van der Waals surface area (Å²) in [4.78, 5) is 5.02. The molecule has 8 aromatic carbocycles. The fourth-order valence-electron chi connectivity index (χ4n) is 8.11. The molecule has 0 N–H and O–H groups in total. The van der Waals surface area contributed by atoms with E-state index in [-0.39, 0.29) is 0 Å². The summed E-state index contributed by atoms with van der Waals surface area (Å²) in [7, 11) is -2.74. The highest BCUT2D eigenvalue weighted by Gasteiger charge is 2.52. The van der Waals surface area contributed by atoms with Crippen LogP contribution in [0, 0.1) is 0 Å². The fourth-order valence-corrected chi connectivity index (χ4v) is 15.3. The predicted molar refractivity (Wildman–Crippen MR) is 220 cm³/mol. The molecule has 0 fully saturated rings. The summed E-state index contributed by atoms with van der Waals surface area (Å²) in [6.07, 6.45) is 0. The highest BCUT2D eigenvalue weighted by atomic mass is 32.2. The van der Waals surface area contributed by atoms with E-state index in [1.54, 1.807) is 0 Å². The maximum Gasteiger partial charge on any atom is 0.190 e. The first-order chi connectivity index (χ1) is 25.8. The first-order valence-electron chi connectivity index (χ1n) is 17.7. The van der Waals surface area contributed by atoms with Crippen LogP contribution < -0.4 is 30.4 Å². The van der Waals surface area contributed by atoms with E-state index in [0.29, 0.717) is 0 Å². The quantitative estimate of drug-likeness (QED) is 0.166. The van der Waals surface area contributed by atoms with Gasteiger partial charge in [-0.05, 0) is 104 Å². The lowest BCUT2D eigenvalue weighted by Crippen LogP contribution is -2.77. The molecule has 8 aromatic rings. The summed E-state index contributed by atoms with van der Waals surface area (Å²) in [5.41, 5.74) is 8.09. The Morgan fingerprint density at radius 1 is 0.346 bits per heavy atom. The minimum Gasteiger partial charge on any atom is -0.458 e. The third-order valence-electron chi connectivity index (χ3n) is 10.3. The van der Waals surface area contributed by atoms with Gasteiger partial charge in [0.25, 0.3) is 0 Å². The Hall–Kier alpha value is -6.07. The minimum atomic E-state index is -2.74. The number of benzene rings is 8. The van der Waals surface area contributed by atoms with Gasteiger partial charge in [-0.15, -0.1) is 0 Å². The average molecular weight is 700 g/mol. The molecule has 4 heteroatoms. The van der Waals surface area contributed by atoms with Gasteiger partial charge in [-0.25, -0.2) is 0 Å². The molecule has 0 radical (unpaired) electrons. The Morgan fingerprint density at radius 2 is 0.846 bits per heavy atom. The van der Waals surface area contributed by atoms with Crippen LogP contribution in [-0.2, 0) is 0 Å². The molecule has 0 aliphatic carbocycles. The molecule has 0 saturated heterocycles. The second kappa shape index (κ2) is 12.6. The number of rotatable bonds is 5. The van der Waals surface area contributed by atoms with Crippen LogP contribution in [0.3, 0.4) is 0 Å². The van der Waals surface area contributed by atoms with Crippen LogP contribution >= 0.6 is 11.8 Å². The van der Waals surface area contributed by atoms with Gasteiger partial charge < -0.3 is 9.64 Å². The van der Waals surface area contributed by atoms with Gasteiger partial charge in [-0.3, -0.25) is 0 Å². The molecule has 0 atom stereocenters. The summed E-state index contributed by atoms with van der Waals surface area (Å²) in [6, 6.07) is 72.8. The normalized spacial score (nSPS) is 13.2. The first kappa shape index (κ1) is 30.7. The summed E-state index contributed by atoms with van der Waals surface area (Å²) in [5, 5.41) is 5.43. The van der Waals surface area contributed by atoms with Crippen molar-refractivity contribution in [1.82, 2.24) is 0 Å². The van der Waals surface area contributed by atoms with Crippen LogP contribution in [0.25, 0.3) is 22.3 Å². The van der Waals surface area contributed by atoms with Crippen molar-refractivity contribution in [3.63, 3.8) is 0 Å². The summed E-state index contributed by atoms with van der Waals surface area (Å²) < 4.78 is 6.63. The monoisotopic (exact) mass is 699 g/mol. The molecular formula is C48H33NOSSi. The van der Waals surface area contributed by atoms with Crippen LogP contribution in [0.1, 0.15) is 0 Å². The van der Waals surface area contributed by atoms with Gasteiger partial charge in [0.15, 0.2) is 8.07 Å². The second-order valence-electron chi connectivity index (χ2n) is 13.3. The molecule has 2 heterocycles. The Bertz CT molecular complexity index is 2470. The lowest BCUT2D eigenvalue weighted by atomic mass is 9.97. The molecule has 2 aliphatic heterocycles. The number of ether oxygens (including phenoxy) is 1. The second-order valence-corrected chi connectivity index (χ2v) is 18.0. The lowest BCUT2D eigenvalue weighted by Gasteiger charge is -2.43. The van der Waals surface area contributed by atoms with Gasteiger partial charge in [0, 0.05) is 26.9 Å². The summed E-state index contributed by atoms with van der Waals surface area (Å²) >= 11 is 1.89. The molecule has 2 aliphatic rings. The predicted octanol–water partition coefficient (Wildman–Crippen LogP) is 10.4. The maximum atomic E-state index is 6.63. The number of fused-ring (bicyclic) bond motifs is 8. The zero-order valence-electron chi connectivity index (χ0n) is 28.3. The summed E-state index contributed by atoms with van der Waals surface area (Å²) in [6.45, 7) is 0. The molecule has 2 nitrogen and oxygen atoms in total. The molecule has 52 heavy (non-hydrogen) atoms. The van der Waals surface area contributed by atoms with Gasteiger partial charge in [0.2, 0.25) is 0 Å². The molecular weight excluding hydrogens is 667 g/mol. The highest BCUT2D eigenvalue weighted by Crippen LogP contribution is 2.43. The van der Waals surface area contributed by atoms with Crippen LogP contribution in [0.4, 0.5) is 17.1 Å². The van der Waals surface area contributed by atoms with Crippen LogP contribution in [0.15, 0.2) is 210 Å². The minimum absolute atomic E-state index is 0.960. The third-order valence-corrected chi connectivity index (χ3v) is 16.8. The highest BCUT2D eigenvalue weighted by molar-refractivity contribution is 8.00. The summed E-state index contributed by atoms with van der Waals surface area (Å²) in [5.74, 6) is 1.92. The molecule has 1 spiro atoms. The third kappa shape index (κ3) is 4.95. The molecule has 0 unspecified atom stereocenters. The van der Waals surface area contributed by atoms with Crippen molar-refractivity contribution in [2.45, 2.75) is 9.79 Å². The van der Waals surface area contributed by atoms with Crippen molar-refractivity contribution < 1.29 is 4.74 Å². The molecule has 0 aromatic heterocycles. The first-order valence-corrected chi connectivity index (χ1v) is 20.5. The van der Waals surface area contributed by atoms with Crippen molar-refractivity contribution in [3.8, 4) is 33.8 Å². The van der Waals surface area contributed by atoms with E-state index in [9.17, 15) is 0 Å². The van der Waals surface area contributed by atoms with E-state index < -0.39 is 8.07 Å². The van der Waals surface area contributed by atoms with Crippen molar-refractivity contribution in [2.24, 2.45) is 0 Å². The van der Waals surface area contributed by atoms with Crippen molar-refractivity contribution in [2.75, 3.05) is 4.90 Å². The number of nitrogens with zero attached hydrogens (tertiary/aromatic N) is 1. The van der Waals surface area contributed by atoms with Gasteiger partial charge in [-0.2, -0.15) is 0 Å². The van der Waals surface area contributed by atoms with E-state index in [1.165, 1.54) is 52.8 Å².